The van der Waals surface area contributed by atoms with Crippen LogP contribution in [0.5, 0.6) is 11.6 Å². The highest BCUT2D eigenvalue weighted by atomic mass is 19.1. The molecule has 1 aromatic heterocycles. The summed E-state index contributed by atoms with van der Waals surface area (Å²) in [4.78, 5) is 3.85. The van der Waals surface area contributed by atoms with Gasteiger partial charge in [0.25, 0.3) is 0 Å². The van der Waals surface area contributed by atoms with E-state index in [-0.39, 0.29) is 28.1 Å². The molecule has 0 aliphatic rings. The highest BCUT2D eigenvalue weighted by Gasteiger charge is 2.14. The predicted molar refractivity (Wildman–Crippen MR) is 54.5 cm³/mol. The van der Waals surface area contributed by atoms with Crippen molar-refractivity contribution in [3.05, 3.63) is 29.1 Å². The summed E-state index contributed by atoms with van der Waals surface area (Å²) in [5.74, 6) is -1.06. The highest BCUT2D eigenvalue weighted by Crippen LogP contribution is 2.34. The summed E-state index contributed by atoms with van der Waals surface area (Å²) in [6.45, 7) is 3.22. The van der Waals surface area contributed by atoms with Crippen LogP contribution in [0.15, 0.2) is 12.1 Å². The second kappa shape index (κ2) is 3.08. The fraction of sp³-hybridized carbons (Fsp3) is 0.182. The third kappa shape index (κ3) is 1.29. The fourth-order valence-electron chi connectivity index (χ4n) is 1.52. The average molecular weight is 207 g/mol. The Kier molecular flexibility index (Phi) is 2.00. The van der Waals surface area contributed by atoms with E-state index in [0.29, 0.717) is 5.56 Å². The molecule has 2 rings (SSSR count). The SMILES string of the molecule is Cc1c(O)nc2c(C)ccc(F)c2c1O. The molecule has 2 aromatic rings. The molecule has 1 heterocycles. The number of fused-ring (bicyclic) bond motifs is 1. The highest BCUT2D eigenvalue weighted by molar-refractivity contribution is 5.89. The zero-order valence-corrected chi connectivity index (χ0v) is 8.37. The van der Waals surface area contributed by atoms with E-state index in [9.17, 15) is 14.6 Å². The van der Waals surface area contributed by atoms with Crippen LogP contribution >= 0.6 is 0 Å². The number of aromatic nitrogens is 1. The number of nitrogens with zero attached hydrogens (tertiary/aromatic N) is 1. The molecule has 0 unspecified atom stereocenters. The Morgan fingerprint density at radius 3 is 2.53 bits per heavy atom. The Morgan fingerprint density at radius 2 is 1.87 bits per heavy atom. The number of benzene rings is 1. The summed E-state index contributed by atoms with van der Waals surface area (Å²) in [6, 6.07) is 2.83. The predicted octanol–water partition coefficient (Wildman–Crippen LogP) is 2.40. The molecule has 0 saturated heterocycles. The molecule has 0 bridgehead atoms. The van der Waals surface area contributed by atoms with Crippen LogP contribution in [0, 0.1) is 19.7 Å². The van der Waals surface area contributed by atoms with Crippen LogP contribution in [0.25, 0.3) is 10.9 Å². The van der Waals surface area contributed by atoms with Gasteiger partial charge in [0.05, 0.1) is 16.5 Å². The van der Waals surface area contributed by atoms with Crippen molar-refractivity contribution < 1.29 is 14.6 Å². The Hall–Kier alpha value is -1.84. The summed E-state index contributed by atoms with van der Waals surface area (Å²) in [5, 5.41) is 19.2. The maximum Gasteiger partial charge on any atom is 0.218 e. The second-order valence-corrected chi connectivity index (χ2v) is 3.50. The van der Waals surface area contributed by atoms with Crippen molar-refractivity contribution in [2.24, 2.45) is 0 Å². The maximum atomic E-state index is 13.5. The van der Waals surface area contributed by atoms with Crippen LogP contribution < -0.4 is 0 Å². The topological polar surface area (TPSA) is 53.4 Å². The molecule has 0 saturated carbocycles. The van der Waals surface area contributed by atoms with Gasteiger partial charge in [0.15, 0.2) is 0 Å². The summed E-state index contributed by atoms with van der Waals surface area (Å²) < 4.78 is 13.5. The molecule has 78 valence electrons. The van der Waals surface area contributed by atoms with Crippen LogP contribution in [0.2, 0.25) is 0 Å². The van der Waals surface area contributed by atoms with E-state index in [0.717, 1.165) is 0 Å². The van der Waals surface area contributed by atoms with E-state index in [1.807, 2.05) is 0 Å². The van der Waals surface area contributed by atoms with E-state index >= 15 is 0 Å². The normalized spacial score (nSPS) is 10.9. The molecular weight excluding hydrogens is 197 g/mol. The van der Waals surface area contributed by atoms with Crippen molar-refractivity contribution in [2.75, 3.05) is 0 Å². The lowest BCUT2D eigenvalue weighted by Crippen LogP contribution is -1.91. The standard InChI is InChI=1S/C11H10FNO2/c1-5-3-4-7(12)8-9(5)13-11(15)6(2)10(8)14/h3-4H,1-2H3,(H2,13,14,15). The number of pyridine rings is 1. The number of aromatic hydroxyl groups is 2. The first kappa shape index (κ1) is 9.71. The summed E-state index contributed by atoms with van der Waals surface area (Å²) >= 11 is 0. The molecule has 0 fully saturated rings. The van der Waals surface area contributed by atoms with Gasteiger partial charge < -0.3 is 10.2 Å². The first-order valence-corrected chi connectivity index (χ1v) is 4.49. The Labute approximate surface area is 85.8 Å². The van der Waals surface area contributed by atoms with Crippen LogP contribution in [-0.4, -0.2) is 15.2 Å². The van der Waals surface area contributed by atoms with Crippen molar-refractivity contribution in [3.8, 4) is 11.6 Å². The Morgan fingerprint density at radius 1 is 1.20 bits per heavy atom. The summed E-state index contributed by atoms with van der Waals surface area (Å²) in [7, 11) is 0. The van der Waals surface area contributed by atoms with Crippen molar-refractivity contribution >= 4 is 10.9 Å². The largest absolute Gasteiger partial charge is 0.507 e. The number of hydrogen-bond donors (Lipinski definition) is 2. The smallest absolute Gasteiger partial charge is 0.218 e. The van der Waals surface area contributed by atoms with E-state index in [2.05, 4.69) is 4.98 Å². The quantitative estimate of drug-likeness (QED) is 0.697. The Balaban J connectivity index is 3.04. The molecule has 2 N–H and O–H groups in total. The molecule has 4 heteroatoms. The number of rotatable bonds is 0. The molecule has 0 radical (unpaired) electrons. The monoisotopic (exact) mass is 207 g/mol. The van der Waals surface area contributed by atoms with E-state index in [1.165, 1.54) is 13.0 Å². The number of halogens is 1. The third-order valence-electron chi connectivity index (χ3n) is 2.47. The van der Waals surface area contributed by atoms with Crippen LogP contribution in [0.1, 0.15) is 11.1 Å². The third-order valence-corrected chi connectivity index (χ3v) is 2.47. The van der Waals surface area contributed by atoms with Crippen LogP contribution in [0.4, 0.5) is 4.39 Å². The molecule has 3 nitrogen and oxygen atoms in total. The van der Waals surface area contributed by atoms with Gasteiger partial charge >= 0.3 is 0 Å². The second-order valence-electron chi connectivity index (χ2n) is 3.50. The van der Waals surface area contributed by atoms with Gasteiger partial charge in [-0.15, -0.1) is 0 Å². The van der Waals surface area contributed by atoms with Crippen molar-refractivity contribution in [2.45, 2.75) is 13.8 Å². The van der Waals surface area contributed by atoms with Gasteiger partial charge in [0, 0.05) is 0 Å². The minimum absolute atomic E-state index is 0.0605. The van der Waals surface area contributed by atoms with Gasteiger partial charge in [-0.1, -0.05) is 6.07 Å². The van der Waals surface area contributed by atoms with Gasteiger partial charge in [-0.05, 0) is 25.5 Å². The lowest BCUT2D eigenvalue weighted by Gasteiger charge is -2.08. The molecule has 0 spiro atoms. The van der Waals surface area contributed by atoms with Crippen molar-refractivity contribution in [1.29, 1.82) is 0 Å². The molecular formula is C11H10FNO2. The molecule has 1 aromatic carbocycles. The Bertz CT molecular complexity index is 552. The van der Waals surface area contributed by atoms with Crippen molar-refractivity contribution in [1.82, 2.24) is 4.98 Å². The van der Waals surface area contributed by atoms with Gasteiger partial charge in [-0.25, -0.2) is 9.37 Å². The summed E-state index contributed by atoms with van der Waals surface area (Å²) in [5.41, 5.74) is 1.18. The number of hydrogen-bond acceptors (Lipinski definition) is 3. The van der Waals surface area contributed by atoms with E-state index < -0.39 is 5.82 Å². The fourth-order valence-corrected chi connectivity index (χ4v) is 1.52. The van der Waals surface area contributed by atoms with E-state index in [4.69, 9.17) is 0 Å². The first-order valence-electron chi connectivity index (χ1n) is 4.49. The van der Waals surface area contributed by atoms with Gasteiger partial charge in [-0.3, -0.25) is 0 Å². The molecule has 0 aliphatic carbocycles. The zero-order chi connectivity index (χ0) is 11.2. The van der Waals surface area contributed by atoms with Gasteiger partial charge in [-0.2, -0.15) is 0 Å². The molecule has 0 atom stereocenters. The minimum atomic E-state index is -0.538. The van der Waals surface area contributed by atoms with Gasteiger partial charge in [0.1, 0.15) is 11.6 Å². The van der Waals surface area contributed by atoms with Crippen LogP contribution in [-0.2, 0) is 0 Å². The summed E-state index contributed by atoms with van der Waals surface area (Å²) in [6.07, 6.45) is 0. The zero-order valence-electron chi connectivity index (χ0n) is 8.37. The van der Waals surface area contributed by atoms with E-state index in [1.54, 1.807) is 13.0 Å². The lowest BCUT2D eigenvalue weighted by molar-refractivity contribution is 0.432. The van der Waals surface area contributed by atoms with Crippen molar-refractivity contribution in [3.63, 3.8) is 0 Å². The average Bonchev–Trinajstić information content (AvgIpc) is 2.20. The molecule has 0 aliphatic heterocycles. The maximum absolute atomic E-state index is 13.5. The minimum Gasteiger partial charge on any atom is -0.507 e. The first-order chi connectivity index (χ1) is 7.02. The molecule has 0 amide bonds. The van der Waals surface area contributed by atoms with Crippen LogP contribution in [0.3, 0.4) is 0 Å². The molecule has 15 heavy (non-hydrogen) atoms. The lowest BCUT2D eigenvalue weighted by atomic mass is 10.1. The number of aryl methyl sites for hydroxylation is 1. The van der Waals surface area contributed by atoms with Gasteiger partial charge in [0.2, 0.25) is 5.88 Å².